The number of rotatable bonds is 4. The maximum Gasteiger partial charge on any atom is 0.0885 e. The summed E-state index contributed by atoms with van der Waals surface area (Å²) in [5, 5.41) is 11.1. The number of halogens is 1. The van der Waals surface area contributed by atoms with E-state index in [-0.39, 0.29) is 5.92 Å². The minimum atomic E-state index is -0.694. The lowest BCUT2D eigenvalue weighted by molar-refractivity contribution is 0.147. The first-order valence-corrected chi connectivity index (χ1v) is 6.70. The van der Waals surface area contributed by atoms with Gasteiger partial charge in [0, 0.05) is 17.5 Å². The van der Waals surface area contributed by atoms with Crippen LogP contribution in [0.2, 0.25) is 5.02 Å². The third kappa shape index (κ3) is 3.16. The predicted octanol–water partition coefficient (Wildman–Crippen LogP) is 3.42. The first-order chi connectivity index (χ1) is 9.13. The molecule has 0 saturated carbocycles. The minimum Gasteiger partial charge on any atom is -0.388 e. The monoisotopic (exact) mass is 275 g/mol. The zero-order chi connectivity index (χ0) is 13.8. The van der Waals surface area contributed by atoms with Crippen molar-refractivity contribution >= 4 is 11.6 Å². The number of benzene rings is 2. The van der Waals surface area contributed by atoms with Crippen LogP contribution in [0.5, 0.6) is 0 Å². The first-order valence-electron chi connectivity index (χ1n) is 6.32. The number of aryl methyl sites for hydroxylation is 1. The molecule has 100 valence electrons. The van der Waals surface area contributed by atoms with Gasteiger partial charge in [0.1, 0.15) is 0 Å². The Hall–Kier alpha value is -1.35. The molecular weight excluding hydrogens is 258 g/mol. The molecule has 0 radical (unpaired) electrons. The third-order valence-electron chi connectivity index (χ3n) is 3.34. The van der Waals surface area contributed by atoms with Crippen molar-refractivity contribution in [2.24, 2.45) is 5.73 Å². The van der Waals surface area contributed by atoms with Gasteiger partial charge < -0.3 is 10.8 Å². The Balaban J connectivity index is 2.33. The maximum atomic E-state index is 10.5. The molecule has 2 unspecified atom stereocenters. The summed E-state index contributed by atoms with van der Waals surface area (Å²) >= 11 is 6.21. The van der Waals surface area contributed by atoms with Crippen LogP contribution in [0.25, 0.3) is 0 Å². The Morgan fingerprint density at radius 1 is 1.16 bits per heavy atom. The lowest BCUT2D eigenvalue weighted by atomic mass is 9.89. The molecule has 0 aliphatic heterocycles. The van der Waals surface area contributed by atoms with Gasteiger partial charge in [-0.25, -0.2) is 0 Å². The molecule has 0 bridgehead atoms. The number of aliphatic hydroxyl groups is 1. The maximum absolute atomic E-state index is 10.5. The second-order valence-electron chi connectivity index (χ2n) is 4.72. The summed E-state index contributed by atoms with van der Waals surface area (Å²) in [6.45, 7) is 2.34. The highest BCUT2D eigenvalue weighted by Crippen LogP contribution is 2.34. The van der Waals surface area contributed by atoms with Crippen LogP contribution in [0.3, 0.4) is 0 Å². The number of nitrogens with two attached hydrogens (primary N) is 1. The van der Waals surface area contributed by atoms with Crippen LogP contribution in [-0.4, -0.2) is 11.7 Å². The van der Waals surface area contributed by atoms with Crippen LogP contribution in [0.4, 0.5) is 0 Å². The van der Waals surface area contributed by atoms with Crippen molar-refractivity contribution in [3.8, 4) is 0 Å². The molecule has 3 N–H and O–H groups in total. The smallest absolute Gasteiger partial charge is 0.0885 e. The Bertz CT molecular complexity index is 542. The molecule has 0 aliphatic rings. The summed E-state index contributed by atoms with van der Waals surface area (Å²) in [5.41, 5.74) is 8.64. The predicted molar refractivity (Wildman–Crippen MR) is 79.4 cm³/mol. The fraction of sp³-hybridized carbons (Fsp3) is 0.250. The topological polar surface area (TPSA) is 46.2 Å². The largest absolute Gasteiger partial charge is 0.388 e. The number of hydrogen-bond donors (Lipinski definition) is 2. The van der Waals surface area contributed by atoms with Gasteiger partial charge in [0.15, 0.2) is 0 Å². The SMILES string of the molecule is Cc1ccc(C(O)C(CN)c2ccccc2)c(Cl)c1. The van der Waals surface area contributed by atoms with E-state index in [2.05, 4.69) is 0 Å². The summed E-state index contributed by atoms with van der Waals surface area (Å²) < 4.78 is 0. The standard InChI is InChI=1S/C16H18ClNO/c1-11-7-8-13(15(17)9-11)16(19)14(10-18)12-5-3-2-4-6-12/h2-9,14,16,19H,10,18H2,1H3. The molecule has 2 rings (SSSR count). The van der Waals surface area contributed by atoms with Crippen LogP contribution >= 0.6 is 11.6 Å². The average Bonchev–Trinajstić information content (AvgIpc) is 2.40. The zero-order valence-electron chi connectivity index (χ0n) is 10.9. The molecule has 0 aliphatic carbocycles. The first kappa shape index (κ1) is 14.1. The van der Waals surface area contributed by atoms with Crippen molar-refractivity contribution in [1.29, 1.82) is 0 Å². The third-order valence-corrected chi connectivity index (χ3v) is 3.66. The highest BCUT2D eigenvalue weighted by molar-refractivity contribution is 6.31. The normalized spacial score (nSPS) is 14.1. The highest BCUT2D eigenvalue weighted by atomic mass is 35.5. The van der Waals surface area contributed by atoms with E-state index in [4.69, 9.17) is 17.3 Å². The molecule has 2 nitrogen and oxygen atoms in total. The number of hydrogen-bond acceptors (Lipinski definition) is 2. The molecular formula is C16H18ClNO. The fourth-order valence-corrected chi connectivity index (χ4v) is 2.58. The van der Waals surface area contributed by atoms with Gasteiger partial charge in [-0.05, 0) is 29.7 Å². The van der Waals surface area contributed by atoms with Crippen LogP contribution < -0.4 is 5.73 Å². The molecule has 0 heterocycles. The van der Waals surface area contributed by atoms with Gasteiger partial charge in [0.05, 0.1) is 6.10 Å². The highest BCUT2D eigenvalue weighted by Gasteiger charge is 2.23. The Morgan fingerprint density at radius 3 is 2.42 bits per heavy atom. The van der Waals surface area contributed by atoms with E-state index >= 15 is 0 Å². The van der Waals surface area contributed by atoms with Crippen molar-refractivity contribution in [3.63, 3.8) is 0 Å². The van der Waals surface area contributed by atoms with Gasteiger partial charge in [-0.3, -0.25) is 0 Å². The molecule has 0 saturated heterocycles. The molecule has 0 amide bonds. The van der Waals surface area contributed by atoms with Gasteiger partial charge >= 0.3 is 0 Å². The van der Waals surface area contributed by atoms with Crippen LogP contribution in [-0.2, 0) is 0 Å². The minimum absolute atomic E-state index is 0.151. The van der Waals surface area contributed by atoms with E-state index in [1.54, 1.807) is 0 Å². The summed E-state index contributed by atoms with van der Waals surface area (Å²) in [6, 6.07) is 15.5. The average molecular weight is 276 g/mol. The molecule has 2 aromatic carbocycles. The lowest BCUT2D eigenvalue weighted by Gasteiger charge is -2.23. The van der Waals surface area contributed by atoms with Gasteiger partial charge in [0.25, 0.3) is 0 Å². The van der Waals surface area contributed by atoms with Crippen molar-refractivity contribution in [2.75, 3.05) is 6.54 Å². The Morgan fingerprint density at radius 2 is 1.84 bits per heavy atom. The molecule has 19 heavy (non-hydrogen) atoms. The Kier molecular flexibility index (Phi) is 4.59. The molecule has 0 aromatic heterocycles. The van der Waals surface area contributed by atoms with E-state index in [1.807, 2.05) is 55.5 Å². The van der Waals surface area contributed by atoms with Gasteiger partial charge in [0.2, 0.25) is 0 Å². The van der Waals surface area contributed by atoms with E-state index in [1.165, 1.54) is 0 Å². The molecule has 2 atom stereocenters. The fourth-order valence-electron chi connectivity index (χ4n) is 2.24. The van der Waals surface area contributed by atoms with Gasteiger partial charge in [-0.15, -0.1) is 0 Å². The van der Waals surface area contributed by atoms with Crippen molar-refractivity contribution in [3.05, 3.63) is 70.2 Å². The van der Waals surface area contributed by atoms with E-state index < -0.39 is 6.10 Å². The summed E-state index contributed by atoms with van der Waals surface area (Å²) in [4.78, 5) is 0. The van der Waals surface area contributed by atoms with Crippen LogP contribution in [0, 0.1) is 6.92 Å². The van der Waals surface area contributed by atoms with Gasteiger partial charge in [-0.1, -0.05) is 54.1 Å². The van der Waals surface area contributed by atoms with Crippen molar-refractivity contribution < 1.29 is 5.11 Å². The van der Waals surface area contributed by atoms with Crippen LogP contribution in [0.15, 0.2) is 48.5 Å². The molecule has 0 spiro atoms. The molecule has 2 aromatic rings. The zero-order valence-corrected chi connectivity index (χ0v) is 11.6. The van der Waals surface area contributed by atoms with Crippen molar-refractivity contribution in [1.82, 2.24) is 0 Å². The van der Waals surface area contributed by atoms with Crippen LogP contribution in [0.1, 0.15) is 28.7 Å². The van der Waals surface area contributed by atoms with E-state index in [9.17, 15) is 5.11 Å². The Labute approximate surface area is 118 Å². The van der Waals surface area contributed by atoms with E-state index in [0.717, 1.165) is 16.7 Å². The van der Waals surface area contributed by atoms with Gasteiger partial charge in [-0.2, -0.15) is 0 Å². The molecule has 0 fully saturated rings. The second-order valence-corrected chi connectivity index (χ2v) is 5.13. The molecule has 3 heteroatoms. The lowest BCUT2D eigenvalue weighted by Crippen LogP contribution is -2.20. The van der Waals surface area contributed by atoms with Crippen molar-refractivity contribution in [2.45, 2.75) is 18.9 Å². The quantitative estimate of drug-likeness (QED) is 0.898. The van der Waals surface area contributed by atoms with E-state index in [0.29, 0.717) is 11.6 Å². The number of aliphatic hydroxyl groups excluding tert-OH is 1. The summed E-state index contributed by atoms with van der Waals surface area (Å²) in [5.74, 6) is -0.151. The summed E-state index contributed by atoms with van der Waals surface area (Å²) in [7, 11) is 0. The second kappa shape index (κ2) is 6.20. The summed E-state index contributed by atoms with van der Waals surface area (Å²) in [6.07, 6.45) is -0.694.